The fourth-order valence-corrected chi connectivity index (χ4v) is 3.84. The van der Waals surface area contributed by atoms with Crippen LogP contribution in [0.25, 0.3) is 0 Å². The van der Waals surface area contributed by atoms with Gasteiger partial charge in [-0.25, -0.2) is 9.59 Å². The number of carbonyl (C=O) groups excluding carboxylic acids is 1. The van der Waals surface area contributed by atoms with E-state index in [-0.39, 0.29) is 6.42 Å². The maximum absolute atomic E-state index is 12.9. The van der Waals surface area contributed by atoms with E-state index in [0.29, 0.717) is 43.6 Å². The van der Waals surface area contributed by atoms with Crippen molar-refractivity contribution >= 4 is 12.1 Å². The highest BCUT2D eigenvalue weighted by Gasteiger charge is 2.18. The molecule has 8 nitrogen and oxygen atoms in total. The fourth-order valence-electron chi connectivity index (χ4n) is 3.84. The molecule has 1 amide bonds. The number of aliphatic carboxylic acids is 1. The average Bonchev–Trinajstić information content (AvgIpc) is 2.94. The van der Waals surface area contributed by atoms with E-state index in [1.165, 1.54) is 0 Å². The molecule has 0 heterocycles. The molecular weight excluding hydrogens is 498 g/mol. The summed E-state index contributed by atoms with van der Waals surface area (Å²) in [5.74, 6) is 1.47. The smallest absolute Gasteiger partial charge is 0.415 e. The number of nitrogens with zero attached hydrogens (tertiary/aromatic N) is 1. The first kappa shape index (κ1) is 29.5. The second-order valence-electron chi connectivity index (χ2n) is 8.93. The topological polar surface area (TPSA) is 94.5 Å². The highest BCUT2D eigenvalue weighted by atomic mass is 16.6. The molecule has 0 aliphatic carbocycles. The quantitative estimate of drug-likeness (QED) is 0.207. The van der Waals surface area contributed by atoms with Crippen LogP contribution >= 0.6 is 0 Å². The summed E-state index contributed by atoms with van der Waals surface area (Å²) in [6, 6.07) is 23.6. The van der Waals surface area contributed by atoms with Crippen LogP contribution in [-0.2, 0) is 16.0 Å². The van der Waals surface area contributed by atoms with E-state index >= 15 is 0 Å². The van der Waals surface area contributed by atoms with Crippen LogP contribution in [0.2, 0.25) is 0 Å². The van der Waals surface area contributed by atoms with Crippen LogP contribution < -0.4 is 14.2 Å². The van der Waals surface area contributed by atoms with E-state index in [1.807, 2.05) is 42.5 Å². The minimum Gasteiger partial charge on any atom is -0.492 e. The molecule has 3 aromatic carbocycles. The van der Waals surface area contributed by atoms with Gasteiger partial charge in [-0.3, -0.25) is 0 Å². The Morgan fingerprint density at radius 2 is 1.44 bits per heavy atom. The van der Waals surface area contributed by atoms with Crippen LogP contribution in [0.5, 0.6) is 23.0 Å². The number of carbonyl (C=O) groups is 2. The number of ether oxygens (including phenoxy) is 4. The summed E-state index contributed by atoms with van der Waals surface area (Å²) < 4.78 is 22.6. The minimum atomic E-state index is -0.983. The number of carboxylic acid groups (broad SMARTS) is 1. The minimum absolute atomic E-state index is 0.278. The molecule has 0 spiro atoms. The molecule has 39 heavy (non-hydrogen) atoms. The summed E-state index contributed by atoms with van der Waals surface area (Å²) in [5, 5.41) is 9.27. The zero-order chi connectivity index (χ0) is 27.9. The predicted octanol–water partition coefficient (Wildman–Crippen LogP) is 6.58. The SMILES string of the molecule is CCCCCN(CCOc1ccc(CC(OCC)C(=O)O)cc1)C(=O)Oc1ccc(Oc2ccccc2)cc1. The van der Waals surface area contributed by atoms with Crippen molar-refractivity contribution < 1.29 is 33.6 Å². The molecule has 0 fully saturated rings. The molecule has 0 aliphatic heterocycles. The van der Waals surface area contributed by atoms with Crippen LogP contribution in [0.3, 0.4) is 0 Å². The Labute approximate surface area is 230 Å². The summed E-state index contributed by atoms with van der Waals surface area (Å²) in [6.07, 6.45) is 1.89. The lowest BCUT2D eigenvalue weighted by Crippen LogP contribution is -2.37. The third-order valence-corrected chi connectivity index (χ3v) is 5.92. The number of rotatable bonds is 16. The van der Waals surface area contributed by atoms with Gasteiger partial charge in [0.2, 0.25) is 0 Å². The van der Waals surface area contributed by atoms with Crippen molar-refractivity contribution in [1.29, 1.82) is 0 Å². The Bertz CT molecular complexity index is 1130. The fraction of sp³-hybridized carbons (Fsp3) is 0.355. The molecule has 1 atom stereocenters. The van der Waals surface area contributed by atoms with Gasteiger partial charge in [0, 0.05) is 19.6 Å². The lowest BCUT2D eigenvalue weighted by molar-refractivity contribution is -0.149. The van der Waals surface area contributed by atoms with Crippen molar-refractivity contribution in [1.82, 2.24) is 4.90 Å². The van der Waals surface area contributed by atoms with Gasteiger partial charge in [-0.05, 0) is 67.4 Å². The van der Waals surface area contributed by atoms with E-state index in [0.717, 1.165) is 30.6 Å². The molecule has 1 N–H and O–H groups in total. The van der Waals surface area contributed by atoms with E-state index in [9.17, 15) is 14.7 Å². The first-order chi connectivity index (χ1) is 19.0. The van der Waals surface area contributed by atoms with Crippen molar-refractivity contribution in [2.75, 3.05) is 26.3 Å². The number of hydrogen-bond acceptors (Lipinski definition) is 6. The zero-order valence-electron chi connectivity index (χ0n) is 22.6. The van der Waals surface area contributed by atoms with Gasteiger partial charge in [-0.2, -0.15) is 0 Å². The summed E-state index contributed by atoms with van der Waals surface area (Å²) >= 11 is 0. The first-order valence-corrected chi connectivity index (χ1v) is 13.3. The van der Waals surface area contributed by atoms with Gasteiger partial charge in [0.15, 0.2) is 6.10 Å². The van der Waals surface area contributed by atoms with E-state index in [1.54, 1.807) is 48.2 Å². The standard InChI is InChI=1S/C31H37NO7/c1-3-5-9-20-32(21-22-37-25-14-12-24(13-15-25)23-29(30(33)34)36-4-2)31(35)39-28-18-16-27(17-19-28)38-26-10-7-6-8-11-26/h6-8,10-19,29H,3-5,9,20-23H2,1-2H3,(H,33,34). The van der Waals surface area contributed by atoms with Crippen molar-refractivity contribution in [3.8, 4) is 23.0 Å². The number of amides is 1. The summed E-state index contributed by atoms with van der Waals surface area (Å²) in [7, 11) is 0. The summed E-state index contributed by atoms with van der Waals surface area (Å²) in [4.78, 5) is 25.9. The Kier molecular flexibility index (Phi) is 12.1. The van der Waals surface area contributed by atoms with Crippen LogP contribution in [0.4, 0.5) is 4.79 Å². The van der Waals surface area contributed by atoms with E-state index in [2.05, 4.69) is 6.92 Å². The predicted molar refractivity (Wildman–Crippen MR) is 149 cm³/mol. The second kappa shape index (κ2) is 16.0. The molecule has 208 valence electrons. The van der Waals surface area contributed by atoms with E-state index in [4.69, 9.17) is 18.9 Å². The van der Waals surface area contributed by atoms with Gasteiger partial charge < -0.3 is 29.0 Å². The number of para-hydroxylation sites is 1. The molecule has 0 bridgehead atoms. The van der Waals surface area contributed by atoms with Crippen molar-refractivity contribution in [3.63, 3.8) is 0 Å². The summed E-state index contributed by atoms with van der Waals surface area (Å²) in [5.41, 5.74) is 0.841. The van der Waals surface area contributed by atoms with Crippen molar-refractivity contribution in [2.24, 2.45) is 0 Å². The first-order valence-electron chi connectivity index (χ1n) is 13.3. The maximum Gasteiger partial charge on any atom is 0.415 e. The Hall–Kier alpha value is -4.04. The molecule has 0 radical (unpaired) electrons. The average molecular weight is 536 g/mol. The molecule has 0 saturated heterocycles. The Morgan fingerprint density at radius 1 is 0.795 bits per heavy atom. The van der Waals surface area contributed by atoms with Gasteiger partial charge in [0.05, 0.1) is 6.54 Å². The highest BCUT2D eigenvalue weighted by molar-refractivity contribution is 5.72. The number of benzene rings is 3. The molecule has 3 rings (SSSR count). The Morgan fingerprint density at radius 3 is 2.08 bits per heavy atom. The Balaban J connectivity index is 1.51. The molecular formula is C31H37NO7. The third kappa shape index (κ3) is 10.3. The monoisotopic (exact) mass is 535 g/mol. The van der Waals surface area contributed by atoms with Crippen molar-refractivity contribution in [2.45, 2.75) is 45.6 Å². The van der Waals surface area contributed by atoms with Crippen LogP contribution in [0.1, 0.15) is 38.7 Å². The number of unbranched alkanes of at least 4 members (excludes halogenated alkanes) is 2. The van der Waals surface area contributed by atoms with Gasteiger partial charge in [-0.15, -0.1) is 0 Å². The van der Waals surface area contributed by atoms with Gasteiger partial charge >= 0.3 is 12.1 Å². The number of hydrogen-bond donors (Lipinski definition) is 1. The second-order valence-corrected chi connectivity index (χ2v) is 8.93. The zero-order valence-corrected chi connectivity index (χ0v) is 22.6. The van der Waals surface area contributed by atoms with Gasteiger partial charge in [-0.1, -0.05) is 50.1 Å². The van der Waals surface area contributed by atoms with Crippen LogP contribution in [0, 0.1) is 0 Å². The molecule has 0 aromatic heterocycles. The highest BCUT2D eigenvalue weighted by Crippen LogP contribution is 2.24. The normalized spacial score (nSPS) is 11.4. The van der Waals surface area contributed by atoms with Gasteiger partial charge in [0.1, 0.15) is 29.6 Å². The third-order valence-electron chi connectivity index (χ3n) is 5.92. The van der Waals surface area contributed by atoms with Gasteiger partial charge in [0.25, 0.3) is 0 Å². The molecule has 1 unspecified atom stereocenters. The molecule has 3 aromatic rings. The molecule has 8 heteroatoms. The lowest BCUT2D eigenvalue weighted by atomic mass is 10.1. The summed E-state index contributed by atoms with van der Waals surface area (Å²) in [6.45, 7) is 5.45. The largest absolute Gasteiger partial charge is 0.492 e. The van der Waals surface area contributed by atoms with Crippen LogP contribution in [-0.4, -0.2) is 54.5 Å². The van der Waals surface area contributed by atoms with Crippen molar-refractivity contribution in [3.05, 3.63) is 84.4 Å². The van der Waals surface area contributed by atoms with E-state index < -0.39 is 18.2 Å². The number of carboxylic acids is 1. The molecule has 0 aliphatic rings. The van der Waals surface area contributed by atoms with Crippen LogP contribution in [0.15, 0.2) is 78.9 Å². The lowest BCUT2D eigenvalue weighted by Gasteiger charge is -2.22. The molecule has 0 saturated carbocycles. The maximum atomic E-state index is 12.9.